The maximum absolute atomic E-state index is 13.3. The maximum Gasteiger partial charge on any atom is 0.346 e. The number of rotatable bonds is 10. The Hall–Kier alpha value is -3.29. The summed E-state index contributed by atoms with van der Waals surface area (Å²) in [7, 11) is 1.16. The van der Waals surface area contributed by atoms with Gasteiger partial charge in [-0.25, -0.2) is 4.79 Å². The Labute approximate surface area is 244 Å². The average Bonchev–Trinajstić information content (AvgIpc) is 3.01. The molecule has 9 N–H and O–H groups in total. The lowest BCUT2D eigenvalue weighted by Crippen LogP contribution is -2.60. The van der Waals surface area contributed by atoms with Crippen LogP contribution in [0, 0.1) is 0 Å². The molecule has 0 bridgehead atoms. The lowest BCUT2D eigenvalue weighted by atomic mass is 9.99. The number of carbonyl (C=O) groups excluding carboxylic acids is 1. The van der Waals surface area contributed by atoms with Crippen molar-refractivity contribution >= 4 is 5.97 Å². The normalized spacial score (nSPS) is 32.6. The Morgan fingerprint density at radius 2 is 1.28 bits per heavy atom. The highest BCUT2D eigenvalue weighted by molar-refractivity contribution is 5.96. The van der Waals surface area contributed by atoms with E-state index in [4.69, 9.17) is 28.4 Å². The maximum atomic E-state index is 13.3. The van der Waals surface area contributed by atoms with Crippen LogP contribution in [-0.2, 0) is 20.8 Å². The van der Waals surface area contributed by atoms with Crippen molar-refractivity contribution in [1.29, 1.82) is 0 Å². The Bertz CT molecular complexity index is 1240. The number of carbonyl (C=O) groups is 1. The minimum Gasteiger partial charge on any atom is -0.504 e. The van der Waals surface area contributed by atoms with Gasteiger partial charge in [0.1, 0.15) is 72.5 Å². The summed E-state index contributed by atoms with van der Waals surface area (Å²) in [6.07, 6.45) is -15.8. The van der Waals surface area contributed by atoms with E-state index in [0.717, 1.165) is 19.2 Å². The number of phenolic OH excluding ortho intramolecular Hbond substituents is 1. The molecule has 2 aromatic rings. The molecular formula is C27H34O16. The van der Waals surface area contributed by atoms with Gasteiger partial charge in [0.2, 0.25) is 12.6 Å². The van der Waals surface area contributed by atoms with Crippen LogP contribution in [0.1, 0.15) is 15.9 Å². The van der Waals surface area contributed by atoms with Gasteiger partial charge < -0.3 is 74.4 Å². The third-order valence-corrected chi connectivity index (χ3v) is 7.02. The molecule has 0 aromatic heterocycles. The van der Waals surface area contributed by atoms with Gasteiger partial charge in [0, 0.05) is 5.56 Å². The predicted molar refractivity (Wildman–Crippen MR) is 139 cm³/mol. The van der Waals surface area contributed by atoms with Crippen molar-refractivity contribution in [2.24, 2.45) is 0 Å². The largest absolute Gasteiger partial charge is 0.504 e. The summed E-state index contributed by atoms with van der Waals surface area (Å²) in [5, 5.41) is 90.1. The van der Waals surface area contributed by atoms with E-state index in [-0.39, 0.29) is 22.8 Å². The van der Waals surface area contributed by atoms with Crippen LogP contribution in [0.25, 0.3) is 0 Å². The highest BCUT2D eigenvalue weighted by Gasteiger charge is 2.46. The van der Waals surface area contributed by atoms with E-state index in [1.54, 1.807) is 12.1 Å². The second-order valence-corrected chi connectivity index (χ2v) is 9.81. The van der Waals surface area contributed by atoms with Gasteiger partial charge in [0.15, 0.2) is 11.5 Å². The molecule has 16 heteroatoms. The Morgan fingerprint density at radius 1 is 0.744 bits per heavy atom. The van der Waals surface area contributed by atoms with Crippen molar-refractivity contribution in [2.45, 2.75) is 68.0 Å². The highest BCUT2D eigenvalue weighted by Crippen LogP contribution is 2.39. The first kappa shape index (κ1) is 32.6. The first-order chi connectivity index (χ1) is 20.5. The van der Waals surface area contributed by atoms with Crippen molar-refractivity contribution < 1.29 is 79.2 Å². The average molecular weight is 615 g/mol. The first-order valence-electron chi connectivity index (χ1n) is 13.1. The van der Waals surface area contributed by atoms with Crippen LogP contribution in [0.3, 0.4) is 0 Å². The molecule has 2 aromatic carbocycles. The Balaban J connectivity index is 1.54. The smallest absolute Gasteiger partial charge is 0.346 e. The SMILES string of the molecule is COc1c(O)ccc(OC2OC(CO)C(O)C(O)C2O)c1C(=O)OCc1ccccc1OC1OC(CO)C(O)C(O)C1O. The van der Waals surface area contributed by atoms with Gasteiger partial charge in [-0.05, 0) is 18.2 Å². The van der Waals surface area contributed by atoms with Gasteiger partial charge >= 0.3 is 5.97 Å². The minimum atomic E-state index is -1.80. The van der Waals surface area contributed by atoms with E-state index < -0.39 is 98.5 Å². The van der Waals surface area contributed by atoms with Gasteiger partial charge in [0.25, 0.3) is 0 Å². The van der Waals surface area contributed by atoms with E-state index in [1.807, 2.05) is 0 Å². The standard InChI is InChI=1S/C27H34O16/c1-38-24-12(30)6-7-14(41-27-23(36)21(34)19(32)16(9-29)43-27)17(24)25(37)39-10-11-4-2-3-5-13(11)40-26-22(35)20(33)18(31)15(8-28)42-26/h2-7,15-16,18-23,26-36H,8-10H2,1H3. The van der Waals surface area contributed by atoms with Gasteiger partial charge in [-0.1, -0.05) is 18.2 Å². The highest BCUT2D eigenvalue weighted by atomic mass is 16.7. The summed E-state index contributed by atoms with van der Waals surface area (Å²) < 4.78 is 32.6. The van der Waals surface area contributed by atoms with Crippen molar-refractivity contribution in [3.8, 4) is 23.0 Å². The molecule has 2 fully saturated rings. The molecule has 0 aliphatic carbocycles. The van der Waals surface area contributed by atoms with Crippen LogP contribution in [0.2, 0.25) is 0 Å². The molecule has 0 spiro atoms. The van der Waals surface area contributed by atoms with E-state index in [1.165, 1.54) is 12.1 Å². The number of hydrogen-bond donors (Lipinski definition) is 9. The Kier molecular flexibility index (Phi) is 10.6. The number of hydrogen-bond acceptors (Lipinski definition) is 16. The molecule has 16 nitrogen and oxygen atoms in total. The minimum absolute atomic E-state index is 0.0558. The van der Waals surface area contributed by atoms with Gasteiger partial charge in [-0.2, -0.15) is 0 Å². The summed E-state index contributed by atoms with van der Waals surface area (Å²) in [5.74, 6) is -2.18. The molecule has 0 saturated carbocycles. The monoisotopic (exact) mass is 614 g/mol. The number of ether oxygens (including phenoxy) is 6. The number of para-hydroxylation sites is 1. The van der Waals surface area contributed by atoms with E-state index in [9.17, 15) is 50.8 Å². The molecule has 2 saturated heterocycles. The van der Waals surface area contributed by atoms with Gasteiger partial charge in [-0.15, -0.1) is 0 Å². The summed E-state index contributed by atoms with van der Waals surface area (Å²) >= 11 is 0. The third-order valence-electron chi connectivity index (χ3n) is 7.02. The number of aliphatic hydroxyl groups excluding tert-OH is 8. The molecule has 0 radical (unpaired) electrons. The number of aromatic hydroxyl groups is 1. The number of esters is 1. The van der Waals surface area contributed by atoms with E-state index >= 15 is 0 Å². The summed E-state index contributed by atoms with van der Waals surface area (Å²) in [6.45, 7) is -1.84. The number of aliphatic hydroxyl groups is 8. The second-order valence-electron chi connectivity index (χ2n) is 9.81. The molecule has 2 aliphatic heterocycles. The molecule has 0 amide bonds. The van der Waals surface area contributed by atoms with E-state index in [0.29, 0.717) is 0 Å². The molecule has 2 aliphatic rings. The van der Waals surface area contributed by atoms with Crippen LogP contribution in [-0.4, -0.2) is 134 Å². The summed E-state index contributed by atoms with van der Waals surface area (Å²) in [6, 6.07) is 8.39. The lowest BCUT2D eigenvalue weighted by molar-refractivity contribution is -0.277. The first-order valence-corrected chi connectivity index (χ1v) is 13.1. The van der Waals surface area contributed by atoms with Crippen molar-refractivity contribution in [3.63, 3.8) is 0 Å². The molecule has 10 unspecified atom stereocenters. The molecule has 10 atom stereocenters. The van der Waals surface area contributed by atoms with E-state index in [2.05, 4.69) is 0 Å². The summed E-state index contributed by atoms with van der Waals surface area (Å²) in [5.41, 5.74) is -0.185. The molecule has 43 heavy (non-hydrogen) atoms. The Morgan fingerprint density at radius 3 is 1.81 bits per heavy atom. The zero-order valence-corrected chi connectivity index (χ0v) is 22.7. The van der Waals surface area contributed by atoms with Crippen LogP contribution < -0.4 is 14.2 Å². The summed E-state index contributed by atoms with van der Waals surface area (Å²) in [4.78, 5) is 13.3. The predicted octanol–water partition coefficient (Wildman–Crippen LogP) is -2.88. The molecule has 4 rings (SSSR count). The van der Waals surface area contributed by atoms with Gasteiger partial charge in [0.05, 0.1) is 20.3 Å². The van der Waals surface area contributed by atoms with Gasteiger partial charge in [-0.3, -0.25) is 0 Å². The molecular weight excluding hydrogens is 580 g/mol. The van der Waals surface area contributed by atoms with Crippen LogP contribution >= 0.6 is 0 Å². The van der Waals surface area contributed by atoms with Crippen molar-refractivity contribution in [3.05, 3.63) is 47.5 Å². The number of benzene rings is 2. The fourth-order valence-electron chi connectivity index (χ4n) is 4.58. The van der Waals surface area contributed by atoms with Crippen molar-refractivity contribution in [2.75, 3.05) is 20.3 Å². The topological polar surface area (TPSA) is 255 Å². The fraction of sp³-hybridized carbons (Fsp3) is 0.519. The number of methoxy groups -OCH3 is 1. The van der Waals surface area contributed by atoms with Crippen LogP contribution in [0.4, 0.5) is 0 Å². The molecule has 238 valence electrons. The second kappa shape index (κ2) is 14.0. The quantitative estimate of drug-likeness (QED) is 0.122. The van der Waals surface area contributed by atoms with Crippen LogP contribution in [0.15, 0.2) is 36.4 Å². The van der Waals surface area contributed by atoms with Crippen LogP contribution in [0.5, 0.6) is 23.0 Å². The zero-order valence-electron chi connectivity index (χ0n) is 22.7. The molecule has 2 heterocycles. The van der Waals surface area contributed by atoms with Crippen molar-refractivity contribution in [1.82, 2.24) is 0 Å². The fourth-order valence-corrected chi connectivity index (χ4v) is 4.58. The third kappa shape index (κ3) is 6.78. The zero-order chi connectivity index (χ0) is 31.4. The lowest BCUT2D eigenvalue weighted by Gasteiger charge is -2.39. The number of phenols is 1.